The SMILES string of the molecule is C=C[C@@H]1O[C@@H]1c1ccccn1. The molecular formula is C9H9NO. The molecule has 0 spiro atoms. The molecule has 1 fully saturated rings. The third-order valence-electron chi connectivity index (χ3n) is 1.74. The fourth-order valence-electron chi connectivity index (χ4n) is 1.09. The van der Waals surface area contributed by atoms with E-state index in [4.69, 9.17) is 4.74 Å². The normalized spacial score (nSPS) is 28.0. The zero-order valence-electron chi connectivity index (χ0n) is 6.10. The van der Waals surface area contributed by atoms with Crippen molar-refractivity contribution < 1.29 is 4.74 Å². The van der Waals surface area contributed by atoms with Crippen LogP contribution in [0.25, 0.3) is 0 Å². The Morgan fingerprint density at radius 3 is 3.00 bits per heavy atom. The van der Waals surface area contributed by atoms with Gasteiger partial charge < -0.3 is 4.74 Å². The molecule has 1 aliphatic rings. The van der Waals surface area contributed by atoms with Crippen LogP contribution < -0.4 is 0 Å². The van der Waals surface area contributed by atoms with Gasteiger partial charge in [-0.2, -0.15) is 0 Å². The Morgan fingerprint density at radius 1 is 1.55 bits per heavy atom. The summed E-state index contributed by atoms with van der Waals surface area (Å²) in [5.41, 5.74) is 0.998. The van der Waals surface area contributed by atoms with Gasteiger partial charge in [0, 0.05) is 6.20 Å². The lowest BCUT2D eigenvalue weighted by atomic mass is 10.2. The van der Waals surface area contributed by atoms with Crippen molar-refractivity contribution in [3.63, 3.8) is 0 Å². The van der Waals surface area contributed by atoms with Crippen LogP contribution in [0.15, 0.2) is 37.1 Å². The minimum atomic E-state index is 0.161. The molecule has 1 aliphatic heterocycles. The van der Waals surface area contributed by atoms with Gasteiger partial charge in [-0.05, 0) is 12.1 Å². The van der Waals surface area contributed by atoms with Crippen molar-refractivity contribution in [1.29, 1.82) is 0 Å². The lowest BCUT2D eigenvalue weighted by molar-refractivity contribution is 0.391. The Hall–Kier alpha value is -1.15. The summed E-state index contributed by atoms with van der Waals surface area (Å²) in [6, 6.07) is 5.83. The van der Waals surface area contributed by atoms with E-state index >= 15 is 0 Å². The summed E-state index contributed by atoms with van der Waals surface area (Å²) in [7, 11) is 0. The lowest BCUT2D eigenvalue weighted by Gasteiger charge is -1.90. The molecule has 0 aliphatic carbocycles. The van der Waals surface area contributed by atoms with Crippen LogP contribution in [-0.2, 0) is 4.74 Å². The number of nitrogens with zero attached hydrogens (tertiary/aromatic N) is 1. The van der Waals surface area contributed by atoms with Gasteiger partial charge in [0.2, 0.25) is 0 Å². The summed E-state index contributed by atoms with van der Waals surface area (Å²) >= 11 is 0. The zero-order chi connectivity index (χ0) is 7.68. The predicted molar refractivity (Wildman–Crippen MR) is 42.0 cm³/mol. The Morgan fingerprint density at radius 2 is 2.45 bits per heavy atom. The van der Waals surface area contributed by atoms with Crippen molar-refractivity contribution in [2.24, 2.45) is 0 Å². The summed E-state index contributed by atoms with van der Waals surface area (Å²) in [6.45, 7) is 3.65. The first-order valence-electron chi connectivity index (χ1n) is 3.61. The minimum absolute atomic E-state index is 0.161. The Bertz CT molecular complexity index is 258. The van der Waals surface area contributed by atoms with Gasteiger partial charge in [-0.25, -0.2) is 0 Å². The summed E-state index contributed by atoms with van der Waals surface area (Å²) in [5.74, 6) is 0. The second-order valence-electron chi connectivity index (χ2n) is 2.51. The van der Waals surface area contributed by atoms with Crippen LogP contribution in [0.2, 0.25) is 0 Å². The van der Waals surface area contributed by atoms with E-state index in [0.717, 1.165) is 5.69 Å². The molecule has 1 aromatic heterocycles. The van der Waals surface area contributed by atoms with Crippen LogP contribution in [0, 0.1) is 0 Å². The topological polar surface area (TPSA) is 25.4 Å². The molecule has 0 radical (unpaired) electrons. The first-order chi connectivity index (χ1) is 5.42. The van der Waals surface area contributed by atoms with E-state index in [0.29, 0.717) is 0 Å². The highest BCUT2D eigenvalue weighted by Gasteiger charge is 2.38. The Kier molecular flexibility index (Phi) is 1.47. The maximum atomic E-state index is 5.27. The van der Waals surface area contributed by atoms with E-state index in [-0.39, 0.29) is 12.2 Å². The van der Waals surface area contributed by atoms with Crippen LogP contribution >= 0.6 is 0 Å². The molecule has 2 heterocycles. The first kappa shape index (κ1) is 6.55. The molecule has 2 atom stereocenters. The van der Waals surface area contributed by atoms with Crippen molar-refractivity contribution in [2.45, 2.75) is 12.2 Å². The van der Waals surface area contributed by atoms with Gasteiger partial charge >= 0.3 is 0 Å². The molecule has 11 heavy (non-hydrogen) atoms. The molecule has 2 heteroatoms. The maximum Gasteiger partial charge on any atom is 0.130 e. The van der Waals surface area contributed by atoms with Crippen LogP contribution in [0.4, 0.5) is 0 Å². The monoisotopic (exact) mass is 147 g/mol. The molecule has 2 rings (SSSR count). The van der Waals surface area contributed by atoms with Gasteiger partial charge in [0.25, 0.3) is 0 Å². The first-order valence-corrected chi connectivity index (χ1v) is 3.61. The quantitative estimate of drug-likeness (QED) is 0.470. The van der Waals surface area contributed by atoms with Crippen molar-refractivity contribution in [3.8, 4) is 0 Å². The van der Waals surface area contributed by atoms with E-state index in [9.17, 15) is 0 Å². The molecule has 2 nitrogen and oxygen atoms in total. The van der Waals surface area contributed by atoms with E-state index in [1.54, 1.807) is 12.3 Å². The van der Waals surface area contributed by atoms with Crippen molar-refractivity contribution >= 4 is 0 Å². The average molecular weight is 147 g/mol. The summed E-state index contributed by atoms with van der Waals surface area (Å²) < 4.78 is 5.27. The third-order valence-corrected chi connectivity index (χ3v) is 1.74. The minimum Gasteiger partial charge on any atom is -0.358 e. The maximum absolute atomic E-state index is 5.27. The van der Waals surface area contributed by atoms with E-state index in [1.165, 1.54) is 0 Å². The fraction of sp³-hybridized carbons (Fsp3) is 0.222. The highest BCUT2D eigenvalue weighted by Crippen LogP contribution is 2.37. The summed E-state index contributed by atoms with van der Waals surface area (Å²) in [4.78, 5) is 4.17. The molecule has 0 unspecified atom stereocenters. The molecule has 56 valence electrons. The number of aromatic nitrogens is 1. The van der Waals surface area contributed by atoms with E-state index < -0.39 is 0 Å². The summed E-state index contributed by atoms with van der Waals surface area (Å²) in [5, 5.41) is 0. The number of ether oxygens (including phenoxy) is 1. The fourth-order valence-corrected chi connectivity index (χ4v) is 1.09. The standard InChI is InChI=1S/C9H9NO/c1-2-8-9(11-8)7-5-3-4-6-10-7/h2-6,8-9H,1H2/t8-,9+/m0/s1. The van der Waals surface area contributed by atoms with Crippen LogP contribution in [0.1, 0.15) is 11.8 Å². The smallest absolute Gasteiger partial charge is 0.130 e. The van der Waals surface area contributed by atoms with Gasteiger partial charge in [0.1, 0.15) is 12.2 Å². The predicted octanol–water partition coefficient (Wildman–Crippen LogP) is 1.71. The van der Waals surface area contributed by atoms with Gasteiger partial charge in [0.15, 0.2) is 0 Å². The number of hydrogen-bond donors (Lipinski definition) is 0. The van der Waals surface area contributed by atoms with Gasteiger partial charge in [-0.3, -0.25) is 4.98 Å². The van der Waals surface area contributed by atoms with Gasteiger partial charge in [-0.1, -0.05) is 12.1 Å². The third kappa shape index (κ3) is 1.17. The average Bonchev–Trinajstić information content (AvgIpc) is 2.85. The van der Waals surface area contributed by atoms with E-state index in [2.05, 4.69) is 11.6 Å². The second-order valence-corrected chi connectivity index (χ2v) is 2.51. The molecule has 0 amide bonds. The number of pyridine rings is 1. The van der Waals surface area contributed by atoms with Crippen molar-refractivity contribution in [1.82, 2.24) is 4.98 Å². The number of rotatable bonds is 2. The van der Waals surface area contributed by atoms with Crippen molar-refractivity contribution in [3.05, 3.63) is 42.7 Å². The Labute approximate surface area is 65.5 Å². The van der Waals surface area contributed by atoms with Crippen LogP contribution in [0.3, 0.4) is 0 Å². The largest absolute Gasteiger partial charge is 0.358 e. The second kappa shape index (κ2) is 2.47. The highest BCUT2D eigenvalue weighted by atomic mass is 16.6. The van der Waals surface area contributed by atoms with Crippen molar-refractivity contribution in [2.75, 3.05) is 0 Å². The van der Waals surface area contributed by atoms with E-state index in [1.807, 2.05) is 18.2 Å². The number of epoxide rings is 1. The summed E-state index contributed by atoms with van der Waals surface area (Å²) in [6.07, 6.45) is 3.93. The number of hydrogen-bond acceptors (Lipinski definition) is 2. The molecule has 0 saturated carbocycles. The molecule has 1 saturated heterocycles. The Balaban J connectivity index is 2.14. The van der Waals surface area contributed by atoms with Crippen LogP contribution in [-0.4, -0.2) is 11.1 Å². The molecular weight excluding hydrogens is 138 g/mol. The molecule has 0 aromatic carbocycles. The molecule has 0 N–H and O–H groups in total. The molecule has 0 bridgehead atoms. The van der Waals surface area contributed by atoms with Gasteiger partial charge in [0.05, 0.1) is 5.69 Å². The van der Waals surface area contributed by atoms with Gasteiger partial charge in [-0.15, -0.1) is 6.58 Å². The highest BCUT2D eigenvalue weighted by molar-refractivity contribution is 5.16. The molecule has 1 aromatic rings. The lowest BCUT2D eigenvalue weighted by Crippen LogP contribution is -1.86. The zero-order valence-corrected chi connectivity index (χ0v) is 6.10. The van der Waals surface area contributed by atoms with Crippen LogP contribution in [0.5, 0.6) is 0 Å².